The number of aryl methyl sites for hydroxylation is 1. The number of hydrogen-bond donors (Lipinski definition) is 2. The van der Waals surface area contributed by atoms with Crippen molar-refractivity contribution in [2.24, 2.45) is 0 Å². The van der Waals surface area contributed by atoms with Gasteiger partial charge in [-0.3, -0.25) is 4.79 Å². The zero-order valence-electron chi connectivity index (χ0n) is 11.1. The minimum atomic E-state index is -0.611. The van der Waals surface area contributed by atoms with E-state index in [9.17, 15) is 13.6 Å². The van der Waals surface area contributed by atoms with Crippen molar-refractivity contribution in [2.45, 2.75) is 13.8 Å². The molecular weight excluding hydrogens is 262 g/mol. The van der Waals surface area contributed by atoms with Crippen molar-refractivity contribution in [3.05, 3.63) is 58.7 Å². The highest BCUT2D eigenvalue weighted by Gasteiger charge is 2.13. The molecule has 0 heterocycles. The smallest absolute Gasteiger partial charge is 0.255 e. The molecular formula is C15H14F2N2O. The third-order valence-electron chi connectivity index (χ3n) is 3.02. The molecule has 0 radical (unpaired) electrons. The highest BCUT2D eigenvalue weighted by atomic mass is 19.1. The second kappa shape index (κ2) is 5.28. The van der Waals surface area contributed by atoms with Crippen molar-refractivity contribution < 1.29 is 13.6 Å². The van der Waals surface area contributed by atoms with Gasteiger partial charge in [0.25, 0.3) is 5.91 Å². The lowest BCUT2D eigenvalue weighted by molar-refractivity contribution is 0.102. The van der Waals surface area contributed by atoms with Gasteiger partial charge in [0.2, 0.25) is 0 Å². The summed E-state index contributed by atoms with van der Waals surface area (Å²) in [5.74, 6) is -1.73. The molecule has 0 saturated carbocycles. The van der Waals surface area contributed by atoms with Gasteiger partial charge in [-0.1, -0.05) is 6.07 Å². The van der Waals surface area contributed by atoms with Crippen LogP contribution < -0.4 is 11.1 Å². The van der Waals surface area contributed by atoms with Gasteiger partial charge in [0.1, 0.15) is 11.6 Å². The maximum atomic E-state index is 13.6. The van der Waals surface area contributed by atoms with Crippen molar-refractivity contribution in [3.63, 3.8) is 0 Å². The van der Waals surface area contributed by atoms with Crippen molar-refractivity contribution in [3.8, 4) is 0 Å². The van der Waals surface area contributed by atoms with E-state index in [0.717, 1.165) is 11.6 Å². The predicted octanol–water partition coefficient (Wildman–Crippen LogP) is 3.42. The molecule has 2 aromatic carbocycles. The Balaban J connectivity index is 2.31. The van der Waals surface area contributed by atoms with E-state index in [-0.39, 0.29) is 22.5 Å². The van der Waals surface area contributed by atoms with E-state index >= 15 is 0 Å². The van der Waals surface area contributed by atoms with Gasteiger partial charge in [-0.15, -0.1) is 0 Å². The summed E-state index contributed by atoms with van der Waals surface area (Å²) in [6, 6.07) is 6.79. The first-order valence-electron chi connectivity index (χ1n) is 6.01. The van der Waals surface area contributed by atoms with Gasteiger partial charge in [-0.05, 0) is 43.7 Å². The van der Waals surface area contributed by atoms with E-state index in [1.807, 2.05) is 0 Å². The number of anilines is 2. The molecule has 104 valence electrons. The van der Waals surface area contributed by atoms with Crippen LogP contribution in [0, 0.1) is 25.5 Å². The Hall–Kier alpha value is -2.43. The van der Waals surface area contributed by atoms with Crippen LogP contribution in [-0.2, 0) is 0 Å². The van der Waals surface area contributed by atoms with Gasteiger partial charge in [0, 0.05) is 16.8 Å². The molecule has 20 heavy (non-hydrogen) atoms. The molecule has 5 heteroatoms. The lowest BCUT2D eigenvalue weighted by atomic mass is 10.1. The Bertz CT molecular complexity index is 661. The molecule has 2 aromatic rings. The highest BCUT2D eigenvalue weighted by Crippen LogP contribution is 2.20. The third-order valence-corrected chi connectivity index (χ3v) is 3.02. The van der Waals surface area contributed by atoms with Crippen LogP contribution in [0.25, 0.3) is 0 Å². The minimum Gasteiger partial charge on any atom is -0.398 e. The Morgan fingerprint density at radius 1 is 1.10 bits per heavy atom. The number of benzene rings is 2. The molecule has 0 saturated heterocycles. The van der Waals surface area contributed by atoms with Crippen molar-refractivity contribution >= 4 is 17.3 Å². The summed E-state index contributed by atoms with van der Waals surface area (Å²) in [5.41, 5.74) is 6.97. The number of nitrogen functional groups attached to an aromatic ring is 1. The van der Waals surface area contributed by atoms with Crippen LogP contribution in [0.2, 0.25) is 0 Å². The van der Waals surface area contributed by atoms with Crippen LogP contribution >= 0.6 is 0 Å². The summed E-state index contributed by atoms with van der Waals surface area (Å²) in [6.45, 7) is 3.30. The minimum absolute atomic E-state index is 0.0477. The van der Waals surface area contributed by atoms with Crippen LogP contribution in [0.4, 0.5) is 20.2 Å². The molecule has 0 spiro atoms. The monoisotopic (exact) mass is 276 g/mol. The summed E-state index contributed by atoms with van der Waals surface area (Å²) >= 11 is 0. The summed E-state index contributed by atoms with van der Waals surface area (Å²) in [4.78, 5) is 12.0. The fourth-order valence-corrected chi connectivity index (χ4v) is 1.76. The van der Waals surface area contributed by atoms with Crippen molar-refractivity contribution in [1.29, 1.82) is 0 Å². The number of carbonyl (C=O) groups is 1. The predicted molar refractivity (Wildman–Crippen MR) is 74.6 cm³/mol. The Morgan fingerprint density at radius 2 is 1.80 bits per heavy atom. The molecule has 3 nitrogen and oxygen atoms in total. The largest absolute Gasteiger partial charge is 0.398 e. The van der Waals surface area contributed by atoms with E-state index in [1.54, 1.807) is 13.0 Å². The standard InChI is InChI=1S/C15H14F2N2O/c1-8-3-4-11(16)14(5-8)19-15(20)10-6-12(17)9(2)13(18)7-10/h3-7H,18H2,1-2H3,(H,19,20). The first-order chi connectivity index (χ1) is 9.38. The highest BCUT2D eigenvalue weighted by molar-refractivity contribution is 6.05. The molecule has 3 N–H and O–H groups in total. The number of amides is 1. The van der Waals surface area contributed by atoms with Gasteiger partial charge in [-0.2, -0.15) is 0 Å². The average Bonchev–Trinajstić information content (AvgIpc) is 2.39. The fourth-order valence-electron chi connectivity index (χ4n) is 1.76. The lowest BCUT2D eigenvalue weighted by Crippen LogP contribution is -2.14. The fraction of sp³-hybridized carbons (Fsp3) is 0.133. The number of nitrogens with one attached hydrogen (secondary N) is 1. The third kappa shape index (κ3) is 2.77. The maximum absolute atomic E-state index is 13.6. The average molecular weight is 276 g/mol. The topological polar surface area (TPSA) is 55.1 Å². The first kappa shape index (κ1) is 14.0. The SMILES string of the molecule is Cc1ccc(F)c(NC(=O)c2cc(N)c(C)c(F)c2)c1. The maximum Gasteiger partial charge on any atom is 0.255 e. The Kier molecular flexibility index (Phi) is 3.70. The van der Waals surface area contributed by atoms with E-state index < -0.39 is 17.5 Å². The van der Waals surface area contributed by atoms with E-state index in [0.29, 0.717) is 0 Å². The van der Waals surface area contributed by atoms with Gasteiger partial charge in [0.15, 0.2) is 0 Å². The molecule has 1 amide bonds. The summed E-state index contributed by atoms with van der Waals surface area (Å²) in [7, 11) is 0. The number of halogens is 2. The summed E-state index contributed by atoms with van der Waals surface area (Å²) in [5, 5.41) is 2.41. The van der Waals surface area contributed by atoms with Crippen LogP contribution in [0.3, 0.4) is 0 Å². The van der Waals surface area contributed by atoms with Crippen LogP contribution in [0.1, 0.15) is 21.5 Å². The number of rotatable bonds is 2. The van der Waals surface area contributed by atoms with Gasteiger partial charge in [0.05, 0.1) is 5.69 Å². The molecule has 0 atom stereocenters. The molecule has 2 rings (SSSR count). The van der Waals surface area contributed by atoms with Gasteiger partial charge >= 0.3 is 0 Å². The summed E-state index contributed by atoms with van der Waals surface area (Å²) in [6.07, 6.45) is 0. The molecule has 0 aliphatic rings. The Morgan fingerprint density at radius 3 is 2.45 bits per heavy atom. The number of carbonyl (C=O) groups excluding carboxylic acids is 1. The zero-order valence-corrected chi connectivity index (χ0v) is 11.1. The Labute approximate surface area is 115 Å². The molecule has 0 fully saturated rings. The van der Waals surface area contributed by atoms with Gasteiger partial charge in [-0.25, -0.2) is 8.78 Å². The van der Waals surface area contributed by atoms with Gasteiger partial charge < -0.3 is 11.1 Å². The van der Waals surface area contributed by atoms with Crippen LogP contribution in [0.15, 0.2) is 30.3 Å². The molecule has 0 aromatic heterocycles. The normalized spacial score (nSPS) is 10.4. The van der Waals surface area contributed by atoms with Crippen LogP contribution in [-0.4, -0.2) is 5.91 Å². The molecule has 0 aliphatic heterocycles. The van der Waals surface area contributed by atoms with Crippen molar-refractivity contribution in [1.82, 2.24) is 0 Å². The van der Waals surface area contributed by atoms with E-state index in [4.69, 9.17) is 5.73 Å². The number of hydrogen-bond acceptors (Lipinski definition) is 2. The summed E-state index contributed by atoms with van der Waals surface area (Å²) < 4.78 is 27.1. The first-order valence-corrected chi connectivity index (χ1v) is 6.01. The number of nitrogens with two attached hydrogens (primary N) is 1. The van der Waals surface area contributed by atoms with E-state index in [1.165, 1.54) is 25.1 Å². The second-order valence-electron chi connectivity index (χ2n) is 4.61. The quantitative estimate of drug-likeness (QED) is 0.826. The molecule has 0 aliphatic carbocycles. The van der Waals surface area contributed by atoms with Crippen molar-refractivity contribution in [2.75, 3.05) is 11.1 Å². The van der Waals surface area contributed by atoms with Crippen LogP contribution in [0.5, 0.6) is 0 Å². The molecule has 0 unspecified atom stereocenters. The lowest BCUT2D eigenvalue weighted by Gasteiger charge is -2.09. The van der Waals surface area contributed by atoms with E-state index in [2.05, 4.69) is 5.32 Å². The molecule has 0 bridgehead atoms. The second-order valence-corrected chi connectivity index (χ2v) is 4.61. The zero-order chi connectivity index (χ0) is 14.9.